The van der Waals surface area contributed by atoms with Crippen LogP contribution in [0.5, 0.6) is 0 Å². The lowest BCUT2D eigenvalue weighted by atomic mass is 9.98. The Morgan fingerprint density at radius 3 is 2.85 bits per heavy atom. The first-order valence-electron chi connectivity index (χ1n) is 8.62. The highest BCUT2D eigenvalue weighted by Gasteiger charge is 2.14. The van der Waals surface area contributed by atoms with E-state index in [0.29, 0.717) is 12.2 Å². The van der Waals surface area contributed by atoms with Gasteiger partial charge in [-0.3, -0.25) is 9.59 Å². The Kier molecular flexibility index (Phi) is 4.45. The Hall–Kier alpha value is -3.06. The molecule has 136 valence electrons. The molecule has 3 aromatic heterocycles. The standard InChI is InChI=1S/C20H18N4O2S/c1-12(25)9-14-3-6-19(21-11-14)24-8-7-16(23-24)13(2)15-4-5-17-18(10-15)27-20(26)22-17/h3-8,10-11,13H,9H2,1-2H3,(H,22,26)/t13-/m0/s1. The van der Waals surface area contributed by atoms with Gasteiger partial charge in [0.2, 0.25) is 0 Å². The van der Waals surface area contributed by atoms with Gasteiger partial charge in [0, 0.05) is 24.7 Å². The monoisotopic (exact) mass is 378 g/mol. The largest absolute Gasteiger partial charge is 0.312 e. The maximum Gasteiger partial charge on any atom is 0.305 e. The molecule has 27 heavy (non-hydrogen) atoms. The number of nitrogens with zero attached hydrogens (tertiary/aromatic N) is 3. The number of ketones is 1. The molecule has 0 spiro atoms. The van der Waals surface area contributed by atoms with Crippen molar-refractivity contribution in [3.8, 4) is 5.82 Å². The predicted octanol–water partition coefficient (Wildman–Crippen LogP) is 3.45. The molecule has 0 saturated carbocycles. The number of pyridine rings is 1. The summed E-state index contributed by atoms with van der Waals surface area (Å²) in [6.45, 7) is 3.66. The minimum absolute atomic E-state index is 0.0432. The average Bonchev–Trinajstić information content (AvgIpc) is 3.26. The number of benzene rings is 1. The molecule has 0 aliphatic rings. The number of H-pyrrole nitrogens is 1. The summed E-state index contributed by atoms with van der Waals surface area (Å²) in [4.78, 5) is 29.9. The zero-order chi connectivity index (χ0) is 19.0. The first-order chi connectivity index (χ1) is 13.0. The Balaban J connectivity index is 1.58. The molecule has 1 aromatic carbocycles. The van der Waals surface area contributed by atoms with Gasteiger partial charge >= 0.3 is 4.87 Å². The minimum atomic E-state index is -0.0432. The SMILES string of the molecule is CC(=O)Cc1ccc(-n2ccc([C@@H](C)c3ccc4[nH]c(=O)sc4c3)n2)nc1. The number of hydrogen-bond donors (Lipinski definition) is 1. The van der Waals surface area contributed by atoms with Crippen molar-refractivity contribution in [3.05, 3.63) is 75.3 Å². The van der Waals surface area contributed by atoms with Gasteiger partial charge < -0.3 is 4.98 Å². The lowest BCUT2D eigenvalue weighted by Gasteiger charge is -2.09. The van der Waals surface area contributed by atoms with Crippen LogP contribution in [-0.2, 0) is 11.2 Å². The first kappa shape index (κ1) is 17.4. The third-order valence-corrected chi connectivity index (χ3v) is 5.34. The number of aromatic nitrogens is 4. The Morgan fingerprint density at radius 2 is 2.11 bits per heavy atom. The Morgan fingerprint density at radius 1 is 1.26 bits per heavy atom. The normalized spacial score (nSPS) is 12.4. The Bertz CT molecular complexity index is 1170. The molecule has 7 heteroatoms. The summed E-state index contributed by atoms with van der Waals surface area (Å²) >= 11 is 1.22. The molecule has 1 N–H and O–H groups in total. The molecule has 4 rings (SSSR count). The molecule has 0 saturated heterocycles. The summed E-state index contributed by atoms with van der Waals surface area (Å²) in [5.41, 5.74) is 3.78. The lowest BCUT2D eigenvalue weighted by molar-refractivity contribution is -0.116. The molecule has 0 radical (unpaired) electrons. The molecule has 0 bridgehead atoms. The van der Waals surface area contributed by atoms with Crippen LogP contribution in [0.2, 0.25) is 0 Å². The number of Topliss-reactive ketones (excluding diaryl/α,β-unsaturated/α-hetero) is 1. The van der Waals surface area contributed by atoms with Crippen molar-refractivity contribution in [2.45, 2.75) is 26.2 Å². The number of thiazole rings is 1. The van der Waals surface area contributed by atoms with Gasteiger partial charge in [0.25, 0.3) is 0 Å². The smallest absolute Gasteiger partial charge is 0.305 e. The molecule has 3 heterocycles. The third kappa shape index (κ3) is 3.59. The average molecular weight is 378 g/mol. The second-order valence-electron chi connectivity index (χ2n) is 6.58. The number of carbonyl (C=O) groups excluding carboxylic acids is 1. The van der Waals surface area contributed by atoms with Crippen LogP contribution in [0.1, 0.15) is 36.6 Å². The molecule has 4 aromatic rings. The Labute approximate surface area is 159 Å². The van der Waals surface area contributed by atoms with E-state index in [-0.39, 0.29) is 16.6 Å². The van der Waals surface area contributed by atoms with Crippen molar-refractivity contribution in [1.29, 1.82) is 0 Å². The van der Waals surface area contributed by atoms with E-state index in [0.717, 1.165) is 27.0 Å². The number of carbonyl (C=O) groups is 1. The fraction of sp³-hybridized carbons (Fsp3) is 0.200. The second kappa shape index (κ2) is 6.92. The molecule has 1 atom stereocenters. The summed E-state index contributed by atoms with van der Waals surface area (Å²) in [6, 6.07) is 11.7. The summed E-state index contributed by atoms with van der Waals surface area (Å²) < 4.78 is 2.68. The molecular weight excluding hydrogens is 360 g/mol. The van der Waals surface area contributed by atoms with Gasteiger partial charge in [-0.1, -0.05) is 30.4 Å². The molecule has 0 fully saturated rings. The topological polar surface area (TPSA) is 80.6 Å². The van der Waals surface area contributed by atoms with Crippen molar-refractivity contribution >= 4 is 27.3 Å². The van der Waals surface area contributed by atoms with Crippen LogP contribution in [-0.4, -0.2) is 25.5 Å². The van der Waals surface area contributed by atoms with Crippen molar-refractivity contribution in [2.24, 2.45) is 0 Å². The number of fused-ring (bicyclic) bond motifs is 1. The van der Waals surface area contributed by atoms with Gasteiger partial charge in [0.15, 0.2) is 5.82 Å². The predicted molar refractivity (Wildman–Crippen MR) is 106 cm³/mol. The molecule has 0 unspecified atom stereocenters. The van der Waals surface area contributed by atoms with Crippen molar-refractivity contribution in [3.63, 3.8) is 0 Å². The summed E-state index contributed by atoms with van der Waals surface area (Å²) in [5.74, 6) is 0.911. The minimum Gasteiger partial charge on any atom is -0.312 e. The van der Waals surface area contributed by atoms with Crippen molar-refractivity contribution in [2.75, 3.05) is 0 Å². The van der Waals surface area contributed by atoms with E-state index in [1.807, 2.05) is 42.6 Å². The van der Waals surface area contributed by atoms with Gasteiger partial charge in [-0.05, 0) is 42.3 Å². The zero-order valence-electron chi connectivity index (χ0n) is 15.0. The van der Waals surface area contributed by atoms with E-state index < -0.39 is 0 Å². The fourth-order valence-electron chi connectivity index (χ4n) is 3.04. The highest BCUT2D eigenvalue weighted by Crippen LogP contribution is 2.26. The van der Waals surface area contributed by atoms with Crippen LogP contribution in [0, 0.1) is 0 Å². The van der Waals surface area contributed by atoms with Crippen molar-refractivity contribution < 1.29 is 4.79 Å². The number of aromatic amines is 1. The van der Waals surface area contributed by atoms with E-state index in [1.165, 1.54) is 11.3 Å². The van der Waals surface area contributed by atoms with Crippen LogP contribution < -0.4 is 4.87 Å². The van der Waals surface area contributed by atoms with Crippen LogP contribution in [0.15, 0.2) is 53.6 Å². The fourth-order valence-corrected chi connectivity index (χ4v) is 3.83. The number of hydrogen-bond acceptors (Lipinski definition) is 5. The zero-order valence-corrected chi connectivity index (χ0v) is 15.8. The third-order valence-electron chi connectivity index (χ3n) is 4.50. The van der Waals surface area contributed by atoms with E-state index in [9.17, 15) is 9.59 Å². The van der Waals surface area contributed by atoms with E-state index in [4.69, 9.17) is 0 Å². The quantitative estimate of drug-likeness (QED) is 0.577. The lowest BCUT2D eigenvalue weighted by Crippen LogP contribution is -2.03. The molecule has 0 aliphatic heterocycles. The van der Waals surface area contributed by atoms with Crippen LogP contribution in [0.25, 0.3) is 16.0 Å². The molecular formula is C20H18N4O2S. The van der Waals surface area contributed by atoms with Crippen molar-refractivity contribution in [1.82, 2.24) is 19.7 Å². The van der Waals surface area contributed by atoms with Crippen LogP contribution >= 0.6 is 11.3 Å². The maximum atomic E-state index is 11.5. The van der Waals surface area contributed by atoms with Crippen LogP contribution in [0.4, 0.5) is 0 Å². The van der Waals surface area contributed by atoms with E-state index in [1.54, 1.807) is 17.8 Å². The molecule has 6 nitrogen and oxygen atoms in total. The van der Waals surface area contributed by atoms with E-state index in [2.05, 4.69) is 22.0 Å². The highest BCUT2D eigenvalue weighted by molar-refractivity contribution is 7.16. The van der Waals surface area contributed by atoms with E-state index >= 15 is 0 Å². The van der Waals surface area contributed by atoms with Gasteiger partial charge in [0.1, 0.15) is 5.78 Å². The second-order valence-corrected chi connectivity index (χ2v) is 7.60. The highest BCUT2D eigenvalue weighted by atomic mass is 32.1. The van der Waals surface area contributed by atoms with Crippen LogP contribution in [0.3, 0.4) is 0 Å². The first-order valence-corrected chi connectivity index (χ1v) is 9.44. The summed E-state index contributed by atoms with van der Waals surface area (Å²) in [6.07, 6.45) is 3.98. The number of rotatable bonds is 5. The number of nitrogens with one attached hydrogen (secondary N) is 1. The maximum absolute atomic E-state index is 11.5. The summed E-state index contributed by atoms with van der Waals surface area (Å²) in [5, 5.41) is 4.65. The molecule has 0 aliphatic carbocycles. The van der Waals surface area contributed by atoms with Gasteiger partial charge in [0.05, 0.1) is 15.9 Å². The van der Waals surface area contributed by atoms with Gasteiger partial charge in [-0.25, -0.2) is 9.67 Å². The van der Waals surface area contributed by atoms with Gasteiger partial charge in [-0.2, -0.15) is 5.10 Å². The van der Waals surface area contributed by atoms with Gasteiger partial charge in [-0.15, -0.1) is 0 Å². The molecule has 0 amide bonds. The summed E-state index contributed by atoms with van der Waals surface area (Å²) in [7, 11) is 0.